The van der Waals surface area contributed by atoms with E-state index in [1.165, 1.54) is 23.7 Å². The summed E-state index contributed by atoms with van der Waals surface area (Å²) in [6.45, 7) is 4.62. The molecule has 5 nitrogen and oxygen atoms in total. The van der Waals surface area contributed by atoms with Crippen LogP contribution in [0.5, 0.6) is 5.75 Å². The Balaban J connectivity index is 1.61. The first-order valence-corrected chi connectivity index (χ1v) is 9.04. The third-order valence-corrected chi connectivity index (χ3v) is 4.51. The molecule has 26 heavy (non-hydrogen) atoms. The summed E-state index contributed by atoms with van der Waals surface area (Å²) in [7, 11) is 0. The molecule has 134 valence electrons. The molecule has 0 fully saturated rings. The van der Waals surface area contributed by atoms with Gasteiger partial charge in [-0.25, -0.2) is 9.78 Å². The maximum atomic E-state index is 11.8. The van der Waals surface area contributed by atoms with Crippen molar-refractivity contribution < 1.29 is 18.7 Å². The van der Waals surface area contributed by atoms with Gasteiger partial charge in [0.05, 0.1) is 6.61 Å². The SMILES string of the molecule is CCOC(=O)c1ncoc1Sc1ccc(OCc2cccc(C)c2)cc1. The lowest BCUT2D eigenvalue weighted by Gasteiger charge is -2.08. The zero-order valence-electron chi connectivity index (χ0n) is 14.6. The molecule has 1 aromatic heterocycles. The fourth-order valence-electron chi connectivity index (χ4n) is 2.32. The van der Waals surface area contributed by atoms with E-state index in [9.17, 15) is 4.79 Å². The Morgan fingerprint density at radius 3 is 2.73 bits per heavy atom. The lowest BCUT2D eigenvalue weighted by Crippen LogP contribution is -2.05. The van der Waals surface area contributed by atoms with Gasteiger partial charge in [0.2, 0.25) is 5.69 Å². The van der Waals surface area contributed by atoms with Gasteiger partial charge >= 0.3 is 5.97 Å². The summed E-state index contributed by atoms with van der Waals surface area (Å²) in [5.41, 5.74) is 2.53. The van der Waals surface area contributed by atoms with Gasteiger partial charge in [0, 0.05) is 4.90 Å². The number of carbonyl (C=O) groups is 1. The van der Waals surface area contributed by atoms with Gasteiger partial charge in [-0.15, -0.1) is 0 Å². The van der Waals surface area contributed by atoms with Crippen LogP contribution in [0.1, 0.15) is 28.5 Å². The van der Waals surface area contributed by atoms with Gasteiger partial charge < -0.3 is 13.9 Å². The number of ether oxygens (including phenoxy) is 2. The van der Waals surface area contributed by atoms with Crippen LogP contribution in [-0.2, 0) is 11.3 Å². The van der Waals surface area contributed by atoms with E-state index >= 15 is 0 Å². The first-order valence-electron chi connectivity index (χ1n) is 8.22. The van der Waals surface area contributed by atoms with E-state index in [-0.39, 0.29) is 5.69 Å². The Labute approximate surface area is 156 Å². The number of nitrogens with zero attached hydrogens (tertiary/aromatic N) is 1. The normalized spacial score (nSPS) is 10.5. The summed E-state index contributed by atoms with van der Waals surface area (Å²) in [5, 5.41) is 0.414. The molecule has 6 heteroatoms. The second-order valence-electron chi connectivity index (χ2n) is 5.56. The molecule has 0 unspecified atom stereocenters. The zero-order chi connectivity index (χ0) is 18.4. The largest absolute Gasteiger partial charge is 0.489 e. The number of benzene rings is 2. The quantitative estimate of drug-likeness (QED) is 0.553. The van der Waals surface area contributed by atoms with Crippen LogP contribution < -0.4 is 4.74 Å². The van der Waals surface area contributed by atoms with E-state index in [0.29, 0.717) is 18.3 Å². The van der Waals surface area contributed by atoms with Crippen LogP contribution in [0.25, 0.3) is 0 Å². The first kappa shape index (κ1) is 18.1. The standard InChI is InChI=1S/C20H19NO4S/c1-3-23-19(22)18-20(25-13-21-18)26-17-9-7-16(8-10-17)24-12-15-6-4-5-14(2)11-15/h4-11,13H,3,12H2,1-2H3. The van der Waals surface area contributed by atoms with Crippen LogP contribution in [0.15, 0.2) is 69.3 Å². The number of aromatic nitrogens is 1. The number of oxazole rings is 1. The van der Waals surface area contributed by atoms with Crippen molar-refractivity contribution in [1.82, 2.24) is 4.98 Å². The van der Waals surface area contributed by atoms with E-state index in [0.717, 1.165) is 16.2 Å². The fourth-order valence-corrected chi connectivity index (χ4v) is 3.13. The summed E-state index contributed by atoms with van der Waals surface area (Å²) in [5.74, 6) is 0.293. The number of hydrogen-bond acceptors (Lipinski definition) is 6. The molecule has 0 atom stereocenters. The predicted molar refractivity (Wildman–Crippen MR) is 98.5 cm³/mol. The number of esters is 1. The molecule has 0 aliphatic heterocycles. The summed E-state index contributed by atoms with van der Waals surface area (Å²) >= 11 is 1.31. The summed E-state index contributed by atoms with van der Waals surface area (Å²) < 4.78 is 16.1. The molecule has 0 saturated carbocycles. The highest BCUT2D eigenvalue weighted by atomic mass is 32.2. The van der Waals surface area contributed by atoms with E-state index in [4.69, 9.17) is 13.9 Å². The maximum absolute atomic E-state index is 11.8. The van der Waals surface area contributed by atoms with Crippen molar-refractivity contribution in [2.45, 2.75) is 30.4 Å². The van der Waals surface area contributed by atoms with E-state index < -0.39 is 5.97 Å². The molecule has 3 rings (SSSR count). The second kappa shape index (κ2) is 8.58. The van der Waals surface area contributed by atoms with E-state index in [1.807, 2.05) is 36.4 Å². The molecule has 0 amide bonds. The monoisotopic (exact) mass is 369 g/mol. The highest BCUT2D eigenvalue weighted by Crippen LogP contribution is 2.31. The molecule has 0 aliphatic carbocycles. The van der Waals surface area contributed by atoms with Gasteiger partial charge in [0.25, 0.3) is 0 Å². The molecule has 0 bridgehead atoms. The third-order valence-electron chi connectivity index (χ3n) is 3.53. The topological polar surface area (TPSA) is 61.6 Å². The number of carbonyl (C=O) groups excluding carboxylic acids is 1. The van der Waals surface area contributed by atoms with Gasteiger partial charge in [-0.05, 0) is 55.4 Å². The van der Waals surface area contributed by atoms with Crippen molar-refractivity contribution in [2.24, 2.45) is 0 Å². The van der Waals surface area contributed by atoms with Crippen LogP contribution in [0.3, 0.4) is 0 Å². The number of rotatable bonds is 7. The highest BCUT2D eigenvalue weighted by Gasteiger charge is 2.18. The molecular weight excluding hydrogens is 350 g/mol. The zero-order valence-corrected chi connectivity index (χ0v) is 15.4. The minimum Gasteiger partial charge on any atom is -0.489 e. The molecule has 0 N–H and O–H groups in total. The molecule has 3 aromatic rings. The molecule has 0 saturated heterocycles. The molecule has 0 aliphatic rings. The lowest BCUT2D eigenvalue weighted by molar-refractivity contribution is 0.0513. The van der Waals surface area contributed by atoms with Gasteiger partial charge in [0.1, 0.15) is 12.4 Å². The lowest BCUT2D eigenvalue weighted by atomic mass is 10.1. The van der Waals surface area contributed by atoms with Crippen molar-refractivity contribution in [1.29, 1.82) is 0 Å². The van der Waals surface area contributed by atoms with Crippen molar-refractivity contribution >= 4 is 17.7 Å². The Morgan fingerprint density at radius 1 is 1.19 bits per heavy atom. The minimum atomic E-state index is -0.484. The Morgan fingerprint density at radius 2 is 2.00 bits per heavy atom. The highest BCUT2D eigenvalue weighted by molar-refractivity contribution is 7.99. The van der Waals surface area contributed by atoms with Gasteiger partial charge in [-0.1, -0.05) is 29.8 Å². The average molecular weight is 369 g/mol. The summed E-state index contributed by atoms with van der Waals surface area (Å²) in [6, 6.07) is 15.8. The summed E-state index contributed by atoms with van der Waals surface area (Å²) in [6.07, 6.45) is 1.24. The van der Waals surface area contributed by atoms with Crippen LogP contribution in [-0.4, -0.2) is 17.6 Å². The first-order chi connectivity index (χ1) is 12.7. The predicted octanol–water partition coefficient (Wildman–Crippen LogP) is 4.89. The minimum absolute atomic E-state index is 0.191. The number of aryl methyl sites for hydroxylation is 1. The Bertz CT molecular complexity index is 874. The molecule has 2 aromatic carbocycles. The fraction of sp³-hybridized carbons (Fsp3) is 0.200. The molecule has 1 heterocycles. The van der Waals surface area contributed by atoms with Crippen LogP contribution in [0.2, 0.25) is 0 Å². The molecular formula is C20H19NO4S. The second-order valence-corrected chi connectivity index (χ2v) is 6.61. The summed E-state index contributed by atoms with van der Waals surface area (Å²) in [4.78, 5) is 16.7. The third kappa shape index (κ3) is 4.67. The van der Waals surface area contributed by atoms with Crippen molar-refractivity contribution in [3.05, 3.63) is 71.7 Å². The van der Waals surface area contributed by atoms with Crippen LogP contribution in [0, 0.1) is 6.92 Å². The van der Waals surface area contributed by atoms with Crippen LogP contribution >= 0.6 is 11.8 Å². The molecule has 0 spiro atoms. The smallest absolute Gasteiger partial charge is 0.361 e. The van der Waals surface area contributed by atoms with Crippen molar-refractivity contribution in [2.75, 3.05) is 6.61 Å². The van der Waals surface area contributed by atoms with Gasteiger partial charge in [-0.2, -0.15) is 0 Å². The van der Waals surface area contributed by atoms with Crippen molar-refractivity contribution in [3.8, 4) is 5.75 Å². The van der Waals surface area contributed by atoms with E-state index in [1.54, 1.807) is 6.92 Å². The number of hydrogen-bond donors (Lipinski definition) is 0. The van der Waals surface area contributed by atoms with Crippen LogP contribution in [0.4, 0.5) is 0 Å². The maximum Gasteiger partial charge on any atom is 0.361 e. The van der Waals surface area contributed by atoms with Gasteiger partial charge in [-0.3, -0.25) is 0 Å². The van der Waals surface area contributed by atoms with Crippen molar-refractivity contribution in [3.63, 3.8) is 0 Å². The Hall–Kier alpha value is -2.73. The van der Waals surface area contributed by atoms with E-state index in [2.05, 4.69) is 24.0 Å². The Kier molecular flexibility index (Phi) is 5.96. The average Bonchev–Trinajstić information content (AvgIpc) is 3.10. The molecule has 0 radical (unpaired) electrons. The van der Waals surface area contributed by atoms with Gasteiger partial charge in [0.15, 0.2) is 11.5 Å².